The average Bonchev–Trinajstić information content (AvgIpc) is 2.63. The Kier molecular flexibility index (Phi) is 8.72. The lowest BCUT2D eigenvalue weighted by Crippen LogP contribution is -2.41. The van der Waals surface area contributed by atoms with Gasteiger partial charge in [0, 0.05) is 5.75 Å². The highest BCUT2D eigenvalue weighted by Crippen LogP contribution is 2.32. The SMILES string of the molecule is COC(=O)C(C)(SCc1ccc(OC)cc1)C(=O)N=C(SC)SC. The molecule has 0 N–H and O–H groups in total. The maximum absolute atomic E-state index is 12.6. The molecule has 0 aromatic heterocycles. The van der Waals surface area contributed by atoms with Gasteiger partial charge in [-0.25, -0.2) is 0 Å². The number of nitrogens with zero attached hydrogens (tertiary/aromatic N) is 1. The summed E-state index contributed by atoms with van der Waals surface area (Å²) in [5.41, 5.74) is 0.975. The average molecular weight is 388 g/mol. The first kappa shape index (κ1) is 20.9. The lowest BCUT2D eigenvalue weighted by atomic mass is 10.1. The highest BCUT2D eigenvalue weighted by atomic mass is 32.2. The number of thioether (sulfide) groups is 3. The maximum atomic E-state index is 12.6. The largest absolute Gasteiger partial charge is 0.497 e. The molecule has 132 valence electrons. The number of methoxy groups -OCH3 is 2. The van der Waals surface area contributed by atoms with E-state index in [0.29, 0.717) is 10.1 Å². The van der Waals surface area contributed by atoms with Gasteiger partial charge in [0.1, 0.15) is 10.1 Å². The van der Waals surface area contributed by atoms with E-state index in [2.05, 4.69) is 4.99 Å². The van der Waals surface area contributed by atoms with E-state index in [1.807, 2.05) is 36.8 Å². The van der Waals surface area contributed by atoms with Gasteiger partial charge < -0.3 is 9.47 Å². The number of hydrogen-bond acceptors (Lipinski definition) is 7. The Balaban J connectivity index is 2.96. The lowest BCUT2D eigenvalue weighted by Gasteiger charge is -2.22. The molecular weight excluding hydrogens is 366 g/mol. The van der Waals surface area contributed by atoms with Gasteiger partial charge in [-0.2, -0.15) is 4.99 Å². The van der Waals surface area contributed by atoms with Crippen molar-refractivity contribution in [2.45, 2.75) is 17.4 Å². The fourth-order valence-electron chi connectivity index (χ4n) is 1.72. The number of carbonyl (C=O) groups is 2. The molecule has 5 nitrogen and oxygen atoms in total. The molecule has 1 aromatic rings. The Morgan fingerprint density at radius 2 is 1.71 bits per heavy atom. The summed E-state index contributed by atoms with van der Waals surface area (Å²) in [5, 5.41) is 0. The minimum absolute atomic E-state index is 0.477. The van der Waals surface area contributed by atoms with Crippen molar-refractivity contribution in [1.29, 1.82) is 0 Å². The number of aliphatic imine (C=N–C) groups is 1. The van der Waals surface area contributed by atoms with E-state index in [9.17, 15) is 9.59 Å². The molecule has 24 heavy (non-hydrogen) atoms. The van der Waals surface area contributed by atoms with Crippen molar-refractivity contribution in [3.05, 3.63) is 29.8 Å². The highest BCUT2D eigenvalue weighted by Gasteiger charge is 2.43. The molecule has 8 heteroatoms. The summed E-state index contributed by atoms with van der Waals surface area (Å²) in [7, 11) is 2.87. The molecule has 1 rings (SSSR count). The van der Waals surface area contributed by atoms with Crippen LogP contribution in [0.15, 0.2) is 29.3 Å². The standard InChI is InChI=1S/C16H21NO4S3/c1-16(14(19)21-3,13(18)17-15(22-4)23-5)24-10-11-6-8-12(20-2)9-7-11/h6-9H,10H2,1-5H3. The molecule has 0 heterocycles. The number of carbonyl (C=O) groups excluding carboxylic acids is 2. The number of ether oxygens (including phenoxy) is 2. The number of hydrogen-bond donors (Lipinski definition) is 0. The molecule has 0 radical (unpaired) electrons. The topological polar surface area (TPSA) is 65.0 Å². The maximum Gasteiger partial charge on any atom is 0.331 e. The molecule has 0 aliphatic carbocycles. The monoisotopic (exact) mass is 387 g/mol. The van der Waals surface area contributed by atoms with Crippen molar-refractivity contribution in [1.82, 2.24) is 0 Å². The smallest absolute Gasteiger partial charge is 0.331 e. The predicted octanol–water partition coefficient (Wildman–Crippen LogP) is 3.47. The van der Waals surface area contributed by atoms with Crippen molar-refractivity contribution in [3.8, 4) is 5.75 Å². The van der Waals surface area contributed by atoms with Crippen LogP contribution in [0.25, 0.3) is 0 Å². The van der Waals surface area contributed by atoms with Gasteiger partial charge in [0.2, 0.25) is 0 Å². The third-order valence-electron chi connectivity index (χ3n) is 3.21. The van der Waals surface area contributed by atoms with Gasteiger partial charge >= 0.3 is 5.97 Å². The number of benzene rings is 1. The zero-order valence-corrected chi connectivity index (χ0v) is 16.8. The summed E-state index contributed by atoms with van der Waals surface area (Å²) in [6.07, 6.45) is 3.67. The van der Waals surface area contributed by atoms with E-state index in [4.69, 9.17) is 9.47 Å². The molecule has 0 saturated heterocycles. The second kappa shape index (κ2) is 10.0. The highest BCUT2D eigenvalue weighted by molar-refractivity contribution is 8.38. The summed E-state index contributed by atoms with van der Waals surface area (Å²) in [6.45, 7) is 1.55. The van der Waals surface area contributed by atoms with Crippen molar-refractivity contribution in [3.63, 3.8) is 0 Å². The first-order valence-corrected chi connectivity index (χ1v) is 10.4. The van der Waals surface area contributed by atoms with Gasteiger partial charge in [0.05, 0.1) is 14.2 Å². The molecule has 1 amide bonds. The quantitative estimate of drug-likeness (QED) is 0.320. The van der Waals surface area contributed by atoms with Crippen molar-refractivity contribution >= 4 is 51.5 Å². The van der Waals surface area contributed by atoms with Gasteiger partial charge in [-0.3, -0.25) is 9.59 Å². The van der Waals surface area contributed by atoms with Gasteiger partial charge in [0.25, 0.3) is 5.91 Å². The summed E-state index contributed by atoms with van der Waals surface area (Å²) < 4.78 is 9.17. The Morgan fingerprint density at radius 1 is 1.12 bits per heavy atom. The third kappa shape index (κ3) is 5.46. The van der Waals surface area contributed by atoms with Crippen LogP contribution in [-0.4, -0.2) is 47.7 Å². The summed E-state index contributed by atoms with van der Waals surface area (Å²) in [6, 6.07) is 7.47. The molecule has 0 aliphatic rings. The Labute approximate surface area is 155 Å². The Morgan fingerprint density at radius 3 is 2.17 bits per heavy atom. The number of amides is 1. The van der Waals surface area contributed by atoms with Crippen molar-refractivity contribution < 1.29 is 19.1 Å². The van der Waals surface area contributed by atoms with E-state index < -0.39 is 16.6 Å². The normalized spacial score (nSPS) is 12.9. The van der Waals surface area contributed by atoms with Crippen LogP contribution in [0.5, 0.6) is 5.75 Å². The molecule has 0 aliphatic heterocycles. The Bertz CT molecular complexity index is 598. The number of rotatable bonds is 6. The van der Waals surface area contributed by atoms with E-state index in [1.54, 1.807) is 14.0 Å². The summed E-state index contributed by atoms with van der Waals surface area (Å²) >= 11 is 3.94. The fourth-order valence-corrected chi connectivity index (χ4v) is 3.75. The van der Waals surface area contributed by atoms with Crippen molar-refractivity contribution in [2.24, 2.45) is 4.99 Å². The zero-order valence-electron chi connectivity index (χ0n) is 14.3. The second-order valence-electron chi connectivity index (χ2n) is 4.75. The number of esters is 1. The van der Waals surface area contributed by atoms with Gasteiger partial charge in [0.15, 0.2) is 4.75 Å². The van der Waals surface area contributed by atoms with E-state index in [1.165, 1.54) is 42.4 Å². The fraction of sp³-hybridized carbons (Fsp3) is 0.438. The van der Waals surface area contributed by atoms with Gasteiger partial charge in [-0.05, 0) is 37.1 Å². The summed E-state index contributed by atoms with van der Waals surface area (Å²) in [5.74, 6) is 0.123. The van der Waals surface area contributed by atoms with Crippen LogP contribution in [0.1, 0.15) is 12.5 Å². The third-order valence-corrected chi connectivity index (χ3v) is 6.49. The van der Waals surface area contributed by atoms with E-state index in [-0.39, 0.29) is 0 Å². The van der Waals surface area contributed by atoms with Crippen molar-refractivity contribution in [2.75, 3.05) is 26.7 Å². The molecule has 0 bridgehead atoms. The van der Waals surface area contributed by atoms with Crippen LogP contribution < -0.4 is 4.74 Å². The van der Waals surface area contributed by atoms with E-state index in [0.717, 1.165) is 11.3 Å². The van der Waals surface area contributed by atoms with Crippen LogP contribution in [-0.2, 0) is 20.1 Å². The minimum Gasteiger partial charge on any atom is -0.497 e. The molecule has 0 fully saturated rings. The Hall–Kier alpha value is -1.12. The van der Waals surface area contributed by atoms with Crippen LogP contribution >= 0.6 is 35.3 Å². The molecule has 0 saturated carbocycles. The molecular formula is C16H21NO4S3. The van der Waals surface area contributed by atoms with Gasteiger partial charge in [-0.15, -0.1) is 35.3 Å². The summed E-state index contributed by atoms with van der Waals surface area (Å²) in [4.78, 5) is 28.8. The van der Waals surface area contributed by atoms with Crippen LogP contribution in [0.2, 0.25) is 0 Å². The minimum atomic E-state index is -1.38. The zero-order chi connectivity index (χ0) is 18.2. The first-order valence-electron chi connectivity index (χ1n) is 6.97. The van der Waals surface area contributed by atoms with Crippen LogP contribution in [0.4, 0.5) is 0 Å². The van der Waals surface area contributed by atoms with Crippen LogP contribution in [0.3, 0.4) is 0 Å². The molecule has 1 atom stereocenters. The van der Waals surface area contributed by atoms with E-state index >= 15 is 0 Å². The molecule has 0 spiro atoms. The predicted molar refractivity (Wildman–Crippen MR) is 104 cm³/mol. The lowest BCUT2D eigenvalue weighted by molar-refractivity contribution is -0.146. The molecule has 1 unspecified atom stereocenters. The second-order valence-corrected chi connectivity index (χ2v) is 7.99. The molecule has 1 aromatic carbocycles. The first-order chi connectivity index (χ1) is 11.4. The van der Waals surface area contributed by atoms with Gasteiger partial charge in [-0.1, -0.05) is 12.1 Å². The van der Waals surface area contributed by atoms with Crippen LogP contribution in [0, 0.1) is 0 Å².